The monoisotopic (exact) mass is 298 g/mol. The molecule has 0 radical (unpaired) electrons. The quantitative estimate of drug-likeness (QED) is 0.565. The molecule has 1 aromatic rings. The number of hydrogen-bond acceptors (Lipinski definition) is 5. The molecule has 0 spiro atoms. The number of benzene rings is 1. The van der Waals surface area contributed by atoms with Crippen molar-refractivity contribution in [3.05, 3.63) is 35.9 Å². The first kappa shape index (κ1) is 16.4. The fourth-order valence-corrected chi connectivity index (χ4v) is 3.57. The van der Waals surface area contributed by atoms with Gasteiger partial charge in [0.1, 0.15) is 5.25 Å². The lowest BCUT2D eigenvalue weighted by Crippen LogP contribution is -2.32. The standard InChI is InChI=1S/C14H18O5S/c1-3-12(14(16)11-7-5-4-6-8-11)20(17,18)10-9-13(15)19-2/h4-8,12H,3,9-10H2,1-2H3. The average molecular weight is 298 g/mol. The van der Waals surface area contributed by atoms with Crippen LogP contribution in [0.2, 0.25) is 0 Å². The SMILES string of the molecule is CCC(C(=O)c1ccccc1)S(=O)(=O)CCC(=O)OC. The van der Waals surface area contributed by atoms with Crippen LogP contribution in [0.1, 0.15) is 30.1 Å². The van der Waals surface area contributed by atoms with E-state index in [0.717, 1.165) is 0 Å². The molecular weight excluding hydrogens is 280 g/mol. The van der Waals surface area contributed by atoms with Crippen LogP contribution < -0.4 is 0 Å². The zero-order valence-corrected chi connectivity index (χ0v) is 12.4. The molecule has 1 unspecified atom stereocenters. The van der Waals surface area contributed by atoms with Crippen LogP contribution in [0.4, 0.5) is 0 Å². The number of hydrogen-bond donors (Lipinski definition) is 0. The highest BCUT2D eigenvalue weighted by Gasteiger charge is 2.31. The number of methoxy groups -OCH3 is 1. The van der Waals surface area contributed by atoms with Crippen LogP contribution in [-0.2, 0) is 19.4 Å². The molecule has 0 heterocycles. The maximum Gasteiger partial charge on any atom is 0.306 e. The van der Waals surface area contributed by atoms with E-state index in [4.69, 9.17) is 0 Å². The largest absolute Gasteiger partial charge is 0.469 e. The normalized spacial score (nSPS) is 12.7. The van der Waals surface area contributed by atoms with Gasteiger partial charge >= 0.3 is 5.97 Å². The van der Waals surface area contributed by atoms with E-state index in [1.807, 2.05) is 0 Å². The summed E-state index contributed by atoms with van der Waals surface area (Å²) in [6, 6.07) is 8.28. The molecule has 0 aliphatic rings. The van der Waals surface area contributed by atoms with Crippen LogP contribution in [0.15, 0.2) is 30.3 Å². The predicted octanol–water partition coefficient (Wildman–Crippen LogP) is 1.63. The molecule has 0 aliphatic carbocycles. The molecule has 110 valence electrons. The van der Waals surface area contributed by atoms with Crippen LogP contribution in [0.25, 0.3) is 0 Å². The lowest BCUT2D eigenvalue weighted by atomic mass is 10.1. The molecular formula is C14H18O5S. The highest BCUT2D eigenvalue weighted by Crippen LogP contribution is 2.15. The zero-order chi connectivity index (χ0) is 15.2. The fraction of sp³-hybridized carbons (Fsp3) is 0.429. The minimum atomic E-state index is -3.68. The number of carbonyl (C=O) groups is 2. The van der Waals surface area contributed by atoms with Crippen molar-refractivity contribution in [2.24, 2.45) is 0 Å². The fourth-order valence-electron chi connectivity index (χ4n) is 1.86. The number of rotatable bonds is 7. The first-order chi connectivity index (χ1) is 9.42. The van der Waals surface area contributed by atoms with Crippen molar-refractivity contribution < 1.29 is 22.7 Å². The molecule has 1 aromatic carbocycles. The lowest BCUT2D eigenvalue weighted by molar-refractivity contribution is -0.140. The van der Waals surface area contributed by atoms with Gasteiger partial charge in [-0.2, -0.15) is 0 Å². The summed E-state index contributed by atoms with van der Waals surface area (Å²) in [5.41, 5.74) is 0.362. The Hall–Kier alpha value is -1.69. The molecule has 5 nitrogen and oxygen atoms in total. The van der Waals surface area contributed by atoms with Gasteiger partial charge in [-0.3, -0.25) is 9.59 Å². The molecule has 1 rings (SSSR count). The Labute approximate surface area is 118 Å². The van der Waals surface area contributed by atoms with Crippen molar-refractivity contribution in [3.8, 4) is 0 Å². The minimum absolute atomic E-state index is 0.178. The van der Waals surface area contributed by atoms with Gasteiger partial charge < -0.3 is 4.74 Å². The second-order valence-corrected chi connectivity index (χ2v) is 6.62. The highest BCUT2D eigenvalue weighted by molar-refractivity contribution is 7.92. The molecule has 6 heteroatoms. The summed E-state index contributed by atoms with van der Waals surface area (Å²) in [4.78, 5) is 23.3. The first-order valence-electron chi connectivity index (χ1n) is 6.30. The van der Waals surface area contributed by atoms with E-state index < -0.39 is 26.8 Å². The molecule has 0 aliphatic heterocycles. The van der Waals surface area contributed by atoms with Gasteiger partial charge in [-0.15, -0.1) is 0 Å². The molecule has 0 aromatic heterocycles. The molecule has 0 bridgehead atoms. The Bertz CT molecular complexity index is 562. The smallest absolute Gasteiger partial charge is 0.306 e. The van der Waals surface area contributed by atoms with Crippen LogP contribution in [0.5, 0.6) is 0 Å². The van der Waals surface area contributed by atoms with Crippen LogP contribution in [0, 0.1) is 0 Å². The van der Waals surface area contributed by atoms with Crippen LogP contribution in [0.3, 0.4) is 0 Å². The Morgan fingerprint density at radius 1 is 1.20 bits per heavy atom. The van der Waals surface area contributed by atoms with Crippen LogP contribution >= 0.6 is 0 Å². The predicted molar refractivity (Wildman–Crippen MR) is 75.3 cm³/mol. The molecule has 1 atom stereocenters. The Balaban J connectivity index is 2.89. The highest BCUT2D eigenvalue weighted by atomic mass is 32.2. The van der Waals surface area contributed by atoms with Crippen molar-refractivity contribution in [3.63, 3.8) is 0 Å². The van der Waals surface area contributed by atoms with E-state index in [0.29, 0.717) is 5.56 Å². The minimum Gasteiger partial charge on any atom is -0.469 e. The van der Waals surface area contributed by atoms with Gasteiger partial charge in [0.25, 0.3) is 0 Å². The summed E-state index contributed by atoms with van der Waals surface area (Å²) < 4.78 is 28.8. The molecule has 0 amide bonds. The van der Waals surface area contributed by atoms with Gasteiger partial charge in [0, 0.05) is 5.56 Å². The third kappa shape index (κ3) is 4.16. The van der Waals surface area contributed by atoms with Gasteiger partial charge in [0.2, 0.25) is 0 Å². The number of esters is 1. The molecule has 0 N–H and O–H groups in total. The van der Waals surface area contributed by atoms with Gasteiger partial charge in [-0.05, 0) is 6.42 Å². The lowest BCUT2D eigenvalue weighted by Gasteiger charge is -2.14. The summed E-state index contributed by atoms with van der Waals surface area (Å²) in [5, 5.41) is -1.12. The van der Waals surface area contributed by atoms with E-state index in [2.05, 4.69) is 4.74 Å². The maximum absolute atomic E-state index is 12.2. The van der Waals surface area contributed by atoms with Crippen molar-refractivity contribution >= 4 is 21.6 Å². The first-order valence-corrected chi connectivity index (χ1v) is 8.01. The van der Waals surface area contributed by atoms with Gasteiger partial charge in [0.15, 0.2) is 15.6 Å². The second-order valence-electron chi connectivity index (χ2n) is 4.32. The van der Waals surface area contributed by atoms with E-state index in [1.54, 1.807) is 37.3 Å². The Morgan fingerprint density at radius 2 is 1.80 bits per heavy atom. The third-order valence-corrected chi connectivity index (χ3v) is 5.16. The summed E-state index contributed by atoms with van der Waals surface area (Å²) >= 11 is 0. The van der Waals surface area contributed by atoms with Gasteiger partial charge in [-0.25, -0.2) is 8.42 Å². The summed E-state index contributed by atoms with van der Waals surface area (Å²) in [7, 11) is -2.48. The average Bonchev–Trinajstić information content (AvgIpc) is 2.46. The van der Waals surface area contributed by atoms with Gasteiger partial charge in [-0.1, -0.05) is 37.3 Å². The second kappa shape index (κ2) is 7.19. The van der Waals surface area contributed by atoms with Crippen LogP contribution in [-0.4, -0.2) is 38.3 Å². The number of ketones is 1. The van der Waals surface area contributed by atoms with Crippen molar-refractivity contribution in [2.45, 2.75) is 25.0 Å². The van der Waals surface area contributed by atoms with E-state index in [1.165, 1.54) is 7.11 Å². The summed E-state index contributed by atoms with van der Waals surface area (Å²) in [5.74, 6) is -1.41. The van der Waals surface area contributed by atoms with E-state index in [9.17, 15) is 18.0 Å². The zero-order valence-electron chi connectivity index (χ0n) is 11.5. The van der Waals surface area contributed by atoms with Gasteiger partial charge in [0.05, 0.1) is 19.3 Å². The van der Waals surface area contributed by atoms with E-state index in [-0.39, 0.29) is 18.6 Å². The number of Topliss-reactive ketones (excluding diaryl/α,β-unsaturated/α-hetero) is 1. The van der Waals surface area contributed by atoms with E-state index >= 15 is 0 Å². The van der Waals surface area contributed by atoms with Crippen molar-refractivity contribution in [1.82, 2.24) is 0 Å². The maximum atomic E-state index is 12.2. The number of sulfone groups is 1. The van der Waals surface area contributed by atoms with Crippen molar-refractivity contribution in [2.75, 3.05) is 12.9 Å². The third-order valence-electron chi connectivity index (χ3n) is 2.97. The molecule has 0 fully saturated rings. The number of ether oxygens (including phenoxy) is 1. The number of carbonyl (C=O) groups excluding carboxylic acids is 2. The summed E-state index contributed by atoms with van der Waals surface area (Å²) in [6.45, 7) is 1.64. The molecule has 0 saturated carbocycles. The topological polar surface area (TPSA) is 77.5 Å². The van der Waals surface area contributed by atoms with Crippen molar-refractivity contribution in [1.29, 1.82) is 0 Å². The molecule has 0 saturated heterocycles. The Kier molecular flexibility index (Phi) is 5.88. The summed E-state index contributed by atoms with van der Waals surface area (Å²) in [6.07, 6.45) is -0.0609. The Morgan fingerprint density at radius 3 is 2.30 bits per heavy atom. The molecule has 20 heavy (non-hydrogen) atoms.